The highest BCUT2D eigenvalue weighted by molar-refractivity contribution is 6.26. The zero-order valence-electron chi connectivity index (χ0n) is 6.14. The third-order valence-electron chi connectivity index (χ3n) is 0.672. The third kappa shape index (κ3) is 25.2. The molecule has 0 aliphatic heterocycles. The van der Waals surface area contributed by atoms with Crippen molar-refractivity contribution in [1.29, 1.82) is 0 Å². The van der Waals surface area contributed by atoms with E-state index in [1.165, 1.54) is 12.8 Å². The number of unbranched alkanes of at least 4 members (excludes halogenated alkanes) is 1. The van der Waals surface area contributed by atoms with Gasteiger partial charge in [0.05, 0.1) is 0 Å². The molecule has 0 aromatic carbocycles. The van der Waals surface area contributed by atoms with Crippen molar-refractivity contribution in [1.82, 2.24) is 0 Å². The van der Waals surface area contributed by atoms with Crippen LogP contribution in [0.5, 0.6) is 0 Å². The molecular formula is C6H14ClNO2. The van der Waals surface area contributed by atoms with Crippen molar-refractivity contribution in [3.63, 3.8) is 0 Å². The lowest BCUT2D eigenvalue weighted by molar-refractivity contribution is -0.134. The highest BCUT2D eigenvalue weighted by Gasteiger charge is 1.83. The molecule has 0 aromatic rings. The Labute approximate surface area is 66.2 Å². The second-order valence-electron chi connectivity index (χ2n) is 1.67. The van der Waals surface area contributed by atoms with E-state index in [1.54, 1.807) is 0 Å². The van der Waals surface area contributed by atoms with Crippen LogP contribution in [0.3, 0.4) is 0 Å². The maximum Gasteiger partial charge on any atom is 0.318 e. The summed E-state index contributed by atoms with van der Waals surface area (Å²) in [5, 5.41) is 7.59. The fourth-order valence-electron chi connectivity index (χ4n) is 0.204. The SMILES string of the molecule is CCCCN.O=C(O)CCl. The van der Waals surface area contributed by atoms with E-state index in [4.69, 9.17) is 22.4 Å². The van der Waals surface area contributed by atoms with E-state index < -0.39 is 5.97 Å². The minimum Gasteiger partial charge on any atom is -0.480 e. The van der Waals surface area contributed by atoms with Gasteiger partial charge in [-0.3, -0.25) is 4.79 Å². The minimum absolute atomic E-state index is 0.306. The van der Waals surface area contributed by atoms with Gasteiger partial charge in [-0.25, -0.2) is 0 Å². The molecule has 0 aromatic heterocycles. The zero-order valence-corrected chi connectivity index (χ0v) is 6.90. The van der Waals surface area contributed by atoms with Gasteiger partial charge in [-0.2, -0.15) is 0 Å². The van der Waals surface area contributed by atoms with Crippen molar-refractivity contribution in [2.45, 2.75) is 19.8 Å². The summed E-state index contributed by atoms with van der Waals surface area (Å²) in [6.07, 6.45) is 2.39. The molecule has 0 aliphatic rings. The average Bonchev–Trinajstić information content (AvgIpc) is 1.91. The molecule has 0 bridgehead atoms. The van der Waals surface area contributed by atoms with Crippen LogP contribution in [0.2, 0.25) is 0 Å². The van der Waals surface area contributed by atoms with E-state index >= 15 is 0 Å². The maximum absolute atomic E-state index is 9.24. The van der Waals surface area contributed by atoms with Crippen LogP contribution in [-0.2, 0) is 4.79 Å². The highest BCUT2D eigenvalue weighted by Crippen LogP contribution is 1.77. The molecule has 0 spiro atoms. The molecular weight excluding hydrogens is 154 g/mol. The normalized spacial score (nSPS) is 7.90. The van der Waals surface area contributed by atoms with Gasteiger partial charge in [0.1, 0.15) is 5.88 Å². The molecule has 62 valence electrons. The monoisotopic (exact) mass is 167 g/mol. The lowest BCUT2D eigenvalue weighted by Gasteiger charge is -1.80. The van der Waals surface area contributed by atoms with Gasteiger partial charge in [-0.15, -0.1) is 11.6 Å². The number of carbonyl (C=O) groups is 1. The van der Waals surface area contributed by atoms with Gasteiger partial charge in [0.15, 0.2) is 0 Å². The first-order valence-electron chi connectivity index (χ1n) is 3.16. The van der Waals surface area contributed by atoms with Crippen molar-refractivity contribution in [2.75, 3.05) is 12.4 Å². The Bertz CT molecular complexity index is 76.1. The van der Waals surface area contributed by atoms with Gasteiger partial charge < -0.3 is 10.8 Å². The molecule has 0 saturated carbocycles. The van der Waals surface area contributed by atoms with Gasteiger partial charge in [0.25, 0.3) is 0 Å². The van der Waals surface area contributed by atoms with Crippen LogP contribution in [0.1, 0.15) is 19.8 Å². The van der Waals surface area contributed by atoms with Crippen LogP contribution in [0, 0.1) is 0 Å². The molecule has 0 amide bonds. The third-order valence-corrected chi connectivity index (χ3v) is 0.901. The zero-order chi connectivity index (χ0) is 8.41. The summed E-state index contributed by atoms with van der Waals surface area (Å²) in [4.78, 5) is 9.24. The molecule has 3 nitrogen and oxygen atoms in total. The van der Waals surface area contributed by atoms with Crippen LogP contribution in [0.25, 0.3) is 0 Å². The number of nitrogens with two attached hydrogens (primary N) is 1. The molecule has 0 rings (SSSR count). The summed E-state index contributed by atoms with van der Waals surface area (Å²) in [7, 11) is 0. The largest absolute Gasteiger partial charge is 0.480 e. The topological polar surface area (TPSA) is 63.3 Å². The predicted molar refractivity (Wildman–Crippen MR) is 42.3 cm³/mol. The average molecular weight is 168 g/mol. The summed E-state index contributed by atoms with van der Waals surface area (Å²) < 4.78 is 0. The standard InChI is InChI=1S/C4H11N.C2H3ClO2/c1-2-3-4-5;3-1-2(4)5/h2-5H2,1H3;1H2,(H,4,5). The Kier molecular flexibility index (Phi) is 14.3. The highest BCUT2D eigenvalue weighted by atomic mass is 35.5. The molecule has 0 saturated heterocycles. The van der Waals surface area contributed by atoms with E-state index in [9.17, 15) is 4.79 Å². The number of aliphatic carboxylic acids is 1. The first kappa shape index (κ1) is 12.4. The Morgan fingerprint density at radius 3 is 2.10 bits per heavy atom. The number of hydrogen-bond donors (Lipinski definition) is 2. The molecule has 0 heterocycles. The quantitative estimate of drug-likeness (QED) is 0.618. The summed E-state index contributed by atoms with van der Waals surface area (Å²) >= 11 is 4.74. The lowest BCUT2D eigenvalue weighted by atomic mass is 10.3. The molecule has 0 atom stereocenters. The fraction of sp³-hybridized carbons (Fsp3) is 0.833. The number of alkyl halides is 1. The summed E-state index contributed by atoms with van der Waals surface area (Å²) in [5.41, 5.74) is 5.14. The van der Waals surface area contributed by atoms with Crippen molar-refractivity contribution in [3.8, 4) is 0 Å². The van der Waals surface area contributed by atoms with Gasteiger partial charge in [-0.1, -0.05) is 13.3 Å². The summed E-state index contributed by atoms with van der Waals surface area (Å²) in [6.45, 7) is 2.98. The Hall–Kier alpha value is -0.280. The molecule has 3 N–H and O–H groups in total. The van der Waals surface area contributed by atoms with Gasteiger partial charge in [-0.05, 0) is 13.0 Å². The van der Waals surface area contributed by atoms with Crippen LogP contribution < -0.4 is 5.73 Å². The lowest BCUT2D eigenvalue weighted by Crippen LogP contribution is -1.95. The molecule has 0 fully saturated rings. The van der Waals surface area contributed by atoms with E-state index in [0.717, 1.165) is 6.54 Å². The van der Waals surface area contributed by atoms with E-state index in [1.807, 2.05) is 0 Å². The summed E-state index contributed by atoms with van der Waals surface area (Å²) in [6, 6.07) is 0. The predicted octanol–water partition coefficient (Wildman–Crippen LogP) is 1.06. The van der Waals surface area contributed by atoms with Crippen LogP contribution in [-0.4, -0.2) is 23.5 Å². The van der Waals surface area contributed by atoms with Crippen LogP contribution >= 0.6 is 11.6 Å². The molecule has 10 heavy (non-hydrogen) atoms. The number of rotatable bonds is 3. The van der Waals surface area contributed by atoms with Crippen LogP contribution in [0.4, 0.5) is 0 Å². The van der Waals surface area contributed by atoms with E-state index in [2.05, 4.69) is 6.92 Å². The first-order chi connectivity index (χ1) is 4.68. The van der Waals surface area contributed by atoms with E-state index in [-0.39, 0.29) is 5.88 Å². The van der Waals surface area contributed by atoms with Crippen molar-refractivity contribution >= 4 is 17.6 Å². The second-order valence-corrected chi connectivity index (χ2v) is 1.94. The maximum atomic E-state index is 9.24. The van der Waals surface area contributed by atoms with Gasteiger partial charge >= 0.3 is 5.97 Å². The molecule has 4 heteroatoms. The fourth-order valence-corrected chi connectivity index (χ4v) is 0.204. The Morgan fingerprint density at radius 2 is 2.10 bits per heavy atom. The smallest absolute Gasteiger partial charge is 0.318 e. The van der Waals surface area contributed by atoms with Gasteiger partial charge in [0, 0.05) is 0 Å². The minimum atomic E-state index is -0.980. The van der Waals surface area contributed by atoms with E-state index in [0.29, 0.717) is 0 Å². The number of halogens is 1. The summed E-state index contributed by atoms with van der Waals surface area (Å²) in [5.74, 6) is -1.29. The number of carboxylic acids is 1. The van der Waals surface area contributed by atoms with Gasteiger partial charge in [0.2, 0.25) is 0 Å². The first-order valence-corrected chi connectivity index (χ1v) is 3.70. The van der Waals surface area contributed by atoms with Crippen molar-refractivity contribution in [2.24, 2.45) is 5.73 Å². The number of carboxylic acid groups (broad SMARTS) is 1. The van der Waals surface area contributed by atoms with Crippen LogP contribution in [0.15, 0.2) is 0 Å². The Balaban J connectivity index is 0. The molecule has 0 unspecified atom stereocenters. The van der Waals surface area contributed by atoms with Crippen molar-refractivity contribution < 1.29 is 9.90 Å². The molecule has 0 radical (unpaired) electrons. The van der Waals surface area contributed by atoms with Crippen molar-refractivity contribution in [3.05, 3.63) is 0 Å². The second kappa shape index (κ2) is 11.5. The Morgan fingerprint density at radius 1 is 1.70 bits per heavy atom. The number of hydrogen-bond acceptors (Lipinski definition) is 2. The molecule has 0 aliphatic carbocycles.